The van der Waals surface area contributed by atoms with Gasteiger partial charge in [0.25, 0.3) is 0 Å². The molecule has 2 aromatic carbocycles. The van der Waals surface area contributed by atoms with E-state index in [0.717, 1.165) is 10.9 Å². The maximum absolute atomic E-state index is 11.4. The number of nitrogens with zero attached hydrogens (tertiary/aromatic N) is 1. The lowest BCUT2D eigenvalue weighted by Crippen LogP contribution is -1.99. The van der Waals surface area contributed by atoms with Crippen LogP contribution in [0.3, 0.4) is 0 Å². The van der Waals surface area contributed by atoms with Gasteiger partial charge in [-0.2, -0.15) is 0 Å². The standard InChI is InChI=1S/C15H11NO2/c1-10-16-14(15(17)18-10)9-11-6-7-12-4-2-3-5-13(12)8-11/h2-9H,1H3/b14-9+. The molecule has 1 aliphatic rings. The summed E-state index contributed by atoms with van der Waals surface area (Å²) in [6.07, 6.45) is 1.74. The van der Waals surface area contributed by atoms with Gasteiger partial charge in [0.1, 0.15) is 0 Å². The molecule has 3 rings (SSSR count). The van der Waals surface area contributed by atoms with Crippen molar-refractivity contribution in [3.8, 4) is 0 Å². The second kappa shape index (κ2) is 4.11. The molecule has 3 heteroatoms. The van der Waals surface area contributed by atoms with Gasteiger partial charge in [-0.25, -0.2) is 9.79 Å². The van der Waals surface area contributed by atoms with Gasteiger partial charge in [0.05, 0.1) is 0 Å². The van der Waals surface area contributed by atoms with Crippen LogP contribution < -0.4 is 0 Å². The Morgan fingerprint density at radius 3 is 2.61 bits per heavy atom. The zero-order valence-corrected chi connectivity index (χ0v) is 9.88. The molecule has 0 amide bonds. The van der Waals surface area contributed by atoms with E-state index in [-0.39, 0.29) is 5.97 Å². The number of fused-ring (bicyclic) bond motifs is 1. The highest BCUT2D eigenvalue weighted by molar-refractivity contribution is 6.06. The van der Waals surface area contributed by atoms with Crippen LogP contribution in [0.15, 0.2) is 53.2 Å². The lowest BCUT2D eigenvalue weighted by molar-refractivity contribution is -0.130. The van der Waals surface area contributed by atoms with Crippen LogP contribution in [0.4, 0.5) is 0 Å². The summed E-state index contributed by atoms with van der Waals surface area (Å²) in [5.74, 6) is 0.00713. The van der Waals surface area contributed by atoms with Crippen molar-refractivity contribution in [3.63, 3.8) is 0 Å². The van der Waals surface area contributed by atoms with Crippen LogP contribution in [0.25, 0.3) is 16.8 Å². The number of esters is 1. The monoisotopic (exact) mass is 237 g/mol. The van der Waals surface area contributed by atoms with Gasteiger partial charge in [0, 0.05) is 6.92 Å². The van der Waals surface area contributed by atoms with E-state index in [1.807, 2.05) is 36.4 Å². The Bertz CT molecular complexity index is 698. The largest absolute Gasteiger partial charge is 0.407 e. The molecule has 3 nitrogen and oxygen atoms in total. The topological polar surface area (TPSA) is 38.7 Å². The molecule has 0 N–H and O–H groups in total. The third-order valence-electron chi connectivity index (χ3n) is 2.80. The summed E-state index contributed by atoms with van der Waals surface area (Å²) in [7, 11) is 0. The zero-order valence-electron chi connectivity index (χ0n) is 9.88. The minimum atomic E-state index is -0.388. The second-order valence-corrected chi connectivity index (χ2v) is 4.16. The smallest absolute Gasteiger partial charge is 0.363 e. The van der Waals surface area contributed by atoms with Gasteiger partial charge in [0.15, 0.2) is 11.6 Å². The summed E-state index contributed by atoms with van der Waals surface area (Å²) in [5.41, 5.74) is 1.29. The highest BCUT2D eigenvalue weighted by Gasteiger charge is 2.19. The van der Waals surface area contributed by atoms with Crippen molar-refractivity contribution in [3.05, 3.63) is 53.7 Å². The van der Waals surface area contributed by atoms with Crippen molar-refractivity contribution in [2.24, 2.45) is 4.99 Å². The Balaban J connectivity index is 2.05. The third kappa shape index (κ3) is 1.91. The van der Waals surface area contributed by atoms with Gasteiger partial charge < -0.3 is 4.74 Å². The molecule has 0 aromatic heterocycles. The predicted octanol–water partition coefficient (Wildman–Crippen LogP) is 3.16. The summed E-state index contributed by atoms with van der Waals surface area (Å²) in [5, 5.41) is 2.31. The van der Waals surface area contributed by atoms with Crippen LogP contribution in [0, 0.1) is 0 Å². The minimum absolute atomic E-state index is 0.350. The van der Waals surface area contributed by atoms with Crippen molar-refractivity contribution in [1.29, 1.82) is 0 Å². The van der Waals surface area contributed by atoms with Crippen molar-refractivity contribution in [2.75, 3.05) is 0 Å². The van der Waals surface area contributed by atoms with Gasteiger partial charge in [-0.05, 0) is 28.5 Å². The van der Waals surface area contributed by atoms with Gasteiger partial charge in [-0.15, -0.1) is 0 Å². The minimum Gasteiger partial charge on any atom is -0.407 e. The Kier molecular flexibility index (Phi) is 2.45. The summed E-state index contributed by atoms with van der Waals surface area (Å²) >= 11 is 0. The van der Waals surface area contributed by atoms with E-state index in [1.54, 1.807) is 13.0 Å². The van der Waals surface area contributed by atoms with E-state index in [0.29, 0.717) is 11.6 Å². The molecular weight excluding hydrogens is 226 g/mol. The normalized spacial score (nSPS) is 17.1. The molecule has 18 heavy (non-hydrogen) atoms. The van der Waals surface area contributed by atoms with E-state index in [2.05, 4.69) is 11.1 Å². The number of carbonyl (C=O) groups is 1. The van der Waals surface area contributed by atoms with Crippen molar-refractivity contribution in [1.82, 2.24) is 0 Å². The Hall–Kier alpha value is -2.42. The van der Waals surface area contributed by atoms with Gasteiger partial charge >= 0.3 is 5.97 Å². The molecule has 0 spiro atoms. The number of aliphatic imine (C=N–C) groups is 1. The summed E-state index contributed by atoms with van der Waals surface area (Å²) in [6, 6.07) is 14.1. The molecule has 1 heterocycles. The molecule has 2 aromatic rings. The number of benzene rings is 2. The zero-order chi connectivity index (χ0) is 12.5. The first-order chi connectivity index (χ1) is 8.72. The number of hydrogen-bond donors (Lipinski definition) is 0. The van der Waals surface area contributed by atoms with Crippen LogP contribution in [0.1, 0.15) is 12.5 Å². The maximum Gasteiger partial charge on any atom is 0.363 e. The fourth-order valence-electron chi connectivity index (χ4n) is 1.97. The molecule has 0 bridgehead atoms. The van der Waals surface area contributed by atoms with Crippen molar-refractivity contribution >= 4 is 28.7 Å². The van der Waals surface area contributed by atoms with Gasteiger partial charge in [-0.1, -0.05) is 36.4 Å². The number of cyclic esters (lactones) is 1. The van der Waals surface area contributed by atoms with E-state index < -0.39 is 0 Å². The van der Waals surface area contributed by atoms with Crippen LogP contribution in [-0.2, 0) is 9.53 Å². The van der Waals surface area contributed by atoms with Crippen LogP contribution >= 0.6 is 0 Å². The molecular formula is C15H11NO2. The summed E-state index contributed by atoms with van der Waals surface area (Å²) in [6.45, 7) is 1.67. The van der Waals surface area contributed by atoms with E-state index in [1.165, 1.54) is 5.39 Å². The summed E-state index contributed by atoms with van der Waals surface area (Å²) in [4.78, 5) is 15.5. The van der Waals surface area contributed by atoms with Crippen LogP contribution in [0.2, 0.25) is 0 Å². The SMILES string of the molecule is CC1=N/C(=C/c2ccc3ccccc3c2)C(=O)O1. The molecule has 1 aliphatic heterocycles. The Labute approximate surface area is 104 Å². The van der Waals surface area contributed by atoms with Gasteiger partial charge in [-0.3, -0.25) is 0 Å². The molecule has 0 atom stereocenters. The number of hydrogen-bond acceptors (Lipinski definition) is 3. The van der Waals surface area contributed by atoms with E-state index in [4.69, 9.17) is 4.74 Å². The van der Waals surface area contributed by atoms with Crippen molar-refractivity contribution < 1.29 is 9.53 Å². The Morgan fingerprint density at radius 2 is 1.89 bits per heavy atom. The fraction of sp³-hybridized carbons (Fsp3) is 0.0667. The number of rotatable bonds is 1. The van der Waals surface area contributed by atoms with E-state index >= 15 is 0 Å². The first kappa shape index (κ1) is 10.7. The molecule has 0 saturated heterocycles. The molecule has 0 aliphatic carbocycles. The van der Waals surface area contributed by atoms with Crippen LogP contribution in [0.5, 0.6) is 0 Å². The number of ether oxygens (including phenoxy) is 1. The third-order valence-corrected chi connectivity index (χ3v) is 2.80. The summed E-state index contributed by atoms with van der Waals surface area (Å²) < 4.78 is 4.88. The van der Waals surface area contributed by atoms with Crippen LogP contribution in [-0.4, -0.2) is 11.9 Å². The molecule has 0 fully saturated rings. The number of carbonyl (C=O) groups excluding carboxylic acids is 1. The molecule has 0 radical (unpaired) electrons. The quantitative estimate of drug-likeness (QED) is 0.564. The molecule has 0 saturated carbocycles. The average molecular weight is 237 g/mol. The first-order valence-corrected chi connectivity index (χ1v) is 5.70. The van der Waals surface area contributed by atoms with Crippen molar-refractivity contribution in [2.45, 2.75) is 6.92 Å². The lowest BCUT2D eigenvalue weighted by atomic mass is 10.1. The lowest BCUT2D eigenvalue weighted by Gasteiger charge is -1.99. The molecule has 88 valence electrons. The highest BCUT2D eigenvalue weighted by atomic mass is 16.6. The second-order valence-electron chi connectivity index (χ2n) is 4.16. The average Bonchev–Trinajstić information content (AvgIpc) is 2.68. The van der Waals surface area contributed by atoms with E-state index in [9.17, 15) is 4.79 Å². The van der Waals surface area contributed by atoms with Gasteiger partial charge in [0.2, 0.25) is 0 Å². The predicted molar refractivity (Wildman–Crippen MR) is 71.1 cm³/mol. The fourth-order valence-corrected chi connectivity index (χ4v) is 1.97. The maximum atomic E-state index is 11.4. The molecule has 0 unspecified atom stereocenters. The highest BCUT2D eigenvalue weighted by Crippen LogP contribution is 2.19. The first-order valence-electron chi connectivity index (χ1n) is 5.70. The Morgan fingerprint density at radius 1 is 1.11 bits per heavy atom.